The summed E-state index contributed by atoms with van der Waals surface area (Å²) in [6.07, 6.45) is 2.07. The summed E-state index contributed by atoms with van der Waals surface area (Å²) in [6, 6.07) is 8.60. The third-order valence-corrected chi connectivity index (χ3v) is 1.60. The van der Waals surface area contributed by atoms with Crippen LogP contribution in [-0.4, -0.2) is 18.5 Å². The van der Waals surface area contributed by atoms with Crippen molar-refractivity contribution in [2.45, 2.75) is 6.92 Å². The van der Waals surface area contributed by atoms with Crippen LogP contribution in [0.4, 0.5) is 0 Å². The zero-order valence-electron chi connectivity index (χ0n) is 8.88. The molecule has 4 nitrogen and oxygen atoms in total. The number of hydrogen-bond acceptors (Lipinski definition) is 4. The maximum atomic E-state index is 11.2. The van der Waals surface area contributed by atoms with Gasteiger partial charge in [0.05, 0.1) is 6.61 Å². The molecule has 0 aliphatic rings. The highest BCUT2D eigenvalue weighted by Gasteiger charge is 2.01. The van der Waals surface area contributed by atoms with Crippen LogP contribution >= 0.6 is 0 Å². The number of rotatable bonds is 4. The van der Waals surface area contributed by atoms with E-state index in [1.807, 2.05) is 6.07 Å². The summed E-state index contributed by atoms with van der Waals surface area (Å²) in [5.74, 6) is -0.743. The number of ether oxygens (including phenoxy) is 2. The second-order valence-corrected chi connectivity index (χ2v) is 2.82. The van der Waals surface area contributed by atoms with E-state index in [0.717, 1.165) is 12.2 Å². The molecule has 0 spiro atoms. The van der Waals surface area contributed by atoms with E-state index in [0.29, 0.717) is 5.75 Å². The maximum absolute atomic E-state index is 11.2. The van der Waals surface area contributed by atoms with Crippen molar-refractivity contribution in [3.8, 4) is 5.75 Å². The summed E-state index contributed by atoms with van der Waals surface area (Å²) in [6.45, 7) is 1.96. The van der Waals surface area contributed by atoms with Crippen LogP contribution in [0.15, 0.2) is 42.5 Å². The predicted octanol–water partition coefficient (Wildman–Crippen LogP) is 1.71. The second-order valence-electron chi connectivity index (χ2n) is 2.82. The van der Waals surface area contributed by atoms with Crippen molar-refractivity contribution in [3.05, 3.63) is 42.5 Å². The van der Waals surface area contributed by atoms with Crippen LogP contribution in [0.2, 0.25) is 0 Å². The molecule has 1 aromatic carbocycles. The van der Waals surface area contributed by atoms with Crippen LogP contribution in [0.1, 0.15) is 6.92 Å². The largest absolute Gasteiger partial charge is 0.463 e. The number of carbonyl (C=O) groups excluding carboxylic acids is 2. The van der Waals surface area contributed by atoms with Gasteiger partial charge in [-0.1, -0.05) is 18.2 Å². The Balaban J connectivity index is 2.45. The second kappa shape index (κ2) is 6.40. The molecule has 0 aliphatic heterocycles. The lowest BCUT2D eigenvalue weighted by Crippen LogP contribution is -2.06. The molecular weight excluding hydrogens is 208 g/mol. The summed E-state index contributed by atoms with van der Waals surface area (Å²) < 4.78 is 9.52. The molecule has 4 heteroatoms. The maximum Gasteiger partial charge on any atom is 0.336 e. The molecule has 1 aromatic rings. The smallest absolute Gasteiger partial charge is 0.336 e. The standard InChI is InChI=1S/C12H12O4/c1-2-15-11(13)8-9-12(14)16-10-6-4-3-5-7-10/h3-9H,2H2,1H3/b9-8-. The van der Waals surface area contributed by atoms with Gasteiger partial charge in [-0.2, -0.15) is 0 Å². The average molecular weight is 220 g/mol. The van der Waals surface area contributed by atoms with Crippen molar-refractivity contribution in [3.63, 3.8) is 0 Å². The zero-order valence-corrected chi connectivity index (χ0v) is 8.88. The molecule has 0 bridgehead atoms. The van der Waals surface area contributed by atoms with Crippen LogP contribution in [0, 0.1) is 0 Å². The molecule has 16 heavy (non-hydrogen) atoms. The fraction of sp³-hybridized carbons (Fsp3) is 0.167. The molecule has 84 valence electrons. The van der Waals surface area contributed by atoms with Crippen LogP contribution in [-0.2, 0) is 14.3 Å². The van der Waals surface area contributed by atoms with Gasteiger partial charge in [0.15, 0.2) is 0 Å². The summed E-state index contributed by atoms with van der Waals surface area (Å²) >= 11 is 0. The summed E-state index contributed by atoms with van der Waals surface area (Å²) in [7, 11) is 0. The number of benzene rings is 1. The highest BCUT2D eigenvalue weighted by atomic mass is 16.5. The van der Waals surface area contributed by atoms with Crippen LogP contribution < -0.4 is 4.74 Å². The van der Waals surface area contributed by atoms with Crippen LogP contribution in [0.5, 0.6) is 5.75 Å². The van der Waals surface area contributed by atoms with E-state index in [-0.39, 0.29) is 6.61 Å². The van der Waals surface area contributed by atoms with Crippen LogP contribution in [0.25, 0.3) is 0 Å². The molecule has 0 N–H and O–H groups in total. The lowest BCUT2D eigenvalue weighted by molar-refractivity contribution is -0.138. The Labute approximate surface area is 93.5 Å². The van der Waals surface area contributed by atoms with Crippen molar-refractivity contribution >= 4 is 11.9 Å². The Morgan fingerprint density at radius 3 is 2.38 bits per heavy atom. The first-order valence-electron chi connectivity index (χ1n) is 4.84. The van der Waals surface area contributed by atoms with Crippen molar-refractivity contribution in [1.82, 2.24) is 0 Å². The van der Waals surface area contributed by atoms with Crippen molar-refractivity contribution in [2.24, 2.45) is 0 Å². The van der Waals surface area contributed by atoms with Crippen molar-refractivity contribution in [1.29, 1.82) is 0 Å². The van der Waals surface area contributed by atoms with Gasteiger partial charge in [0.25, 0.3) is 0 Å². The van der Waals surface area contributed by atoms with Gasteiger partial charge in [-0.15, -0.1) is 0 Å². The molecule has 0 radical (unpaired) electrons. The highest BCUT2D eigenvalue weighted by Crippen LogP contribution is 2.08. The molecule has 0 aromatic heterocycles. The molecule has 0 saturated heterocycles. The first-order chi connectivity index (χ1) is 7.72. The first-order valence-corrected chi connectivity index (χ1v) is 4.84. The number of hydrogen-bond donors (Lipinski definition) is 0. The Morgan fingerprint density at radius 1 is 1.12 bits per heavy atom. The van der Waals surface area contributed by atoms with Gasteiger partial charge in [-0.3, -0.25) is 0 Å². The van der Waals surface area contributed by atoms with E-state index in [1.165, 1.54) is 0 Å². The lowest BCUT2D eigenvalue weighted by atomic mass is 10.3. The molecule has 0 amide bonds. The van der Waals surface area contributed by atoms with Gasteiger partial charge in [0.2, 0.25) is 0 Å². The molecule has 0 saturated carbocycles. The molecule has 0 aliphatic carbocycles. The summed E-state index contributed by atoms with van der Waals surface area (Å²) in [4.78, 5) is 22.1. The summed E-state index contributed by atoms with van der Waals surface area (Å²) in [5, 5.41) is 0. The Morgan fingerprint density at radius 2 is 1.75 bits per heavy atom. The third-order valence-electron chi connectivity index (χ3n) is 1.60. The number of para-hydroxylation sites is 1. The Hall–Kier alpha value is -2.10. The average Bonchev–Trinajstić information content (AvgIpc) is 2.28. The van der Waals surface area contributed by atoms with Crippen molar-refractivity contribution < 1.29 is 19.1 Å². The summed E-state index contributed by atoms with van der Waals surface area (Å²) in [5.41, 5.74) is 0. The lowest BCUT2D eigenvalue weighted by Gasteiger charge is -1.99. The quantitative estimate of drug-likeness (QED) is 0.440. The fourth-order valence-corrected chi connectivity index (χ4v) is 0.965. The van der Waals surface area contributed by atoms with Gasteiger partial charge < -0.3 is 9.47 Å². The Bertz CT molecular complexity index is 381. The molecule has 0 unspecified atom stereocenters. The van der Waals surface area contributed by atoms with E-state index in [1.54, 1.807) is 31.2 Å². The van der Waals surface area contributed by atoms with E-state index in [4.69, 9.17) is 4.74 Å². The Kier molecular flexibility index (Phi) is 4.79. The normalized spacial score (nSPS) is 10.1. The zero-order chi connectivity index (χ0) is 11.8. The molecular formula is C12H12O4. The highest BCUT2D eigenvalue weighted by molar-refractivity contribution is 5.92. The minimum absolute atomic E-state index is 0.275. The third kappa shape index (κ3) is 4.41. The number of esters is 2. The predicted molar refractivity (Wildman–Crippen MR) is 57.9 cm³/mol. The van der Waals surface area contributed by atoms with E-state index in [9.17, 15) is 9.59 Å². The van der Waals surface area contributed by atoms with Gasteiger partial charge in [0.1, 0.15) is 5.75 Å². The fourth-order valence-electron chi connectivity index (χ4n) is 0.965. The topological polar surface area (TPSA) is 52.6 Å². The van der Waals surface area contributed by atoms with Gasteiger partial charge in [-0.25, -0.2) is 9.59 Å². The van der Waals surface area contributed by atoms with Gasteiger partial charge in [0, 0.05) is 12.2 Å². The number of carbonyl (C=O) groups is 2. The molecule has 0 fully saturated rings. The minimum Gasteiger partial charge on any atom is -0.463 e. The van der Waals surface area contributed by atoms with E-state index < -0.39 is 11.9 Å². The van der Waals surface area contributed by atoms with E-state index in [2.05, 4.69) is 4.74 Å². The molecule has 0 heterocycles. The monoisotopic (exact) mass is 220 g/mol. The van der Waals surface area contributed by atoms with Crippen LogP contribution in [0.3, 0.4) is 0 Å². The van der Waals surface area contributed by atoms with Gasteiger partial charge in [-0.05, 0) is 19.1 Å². The van der Waals surface area contributed by atoms with Gasteiger partial charge >= 0.3 is 11.9 Å². The SMILES string of the molecule is CCOC(=O)/C=C\C(=O)Oc1ccccc1. The molecule has 1 rings (SSSR count). The van der Waals surface area contributed by atoms with E-state index >= 15 is 0 Å². The first kappa shape index (κ1) is 12.0. The molecule has 0 atom stereocenters. The van der Waals surface area contributed by atoms with Crippen molar-refractivity contribution in [2.75, 3.05) is 6.61 Å². The minimum atomic E-state index is -0.612.